The minimum Gasteiger partial charge on any atom is -0.469 e. The van der Waals surface area contributed by atoms with Gasteiger partial charge in [0.05, 0.1) is 31.6 Å². The number of nitrogens with zero attached hydrogens (tertiary/aromatic N) is 1. The molecule has 2 N–H and O–H groups in total. The number of amides is 2. The molecule has 2 amide bonds. The first-order valence-electron chi connectivity index (χ1n) is 9.09. The van der Waals surface area contributed by atoms with Gasteiger partial charge in [-0.1, -0.05) is 24.3 Å². The summed E-state index contributed by atoms with van der Waals surface area (Å²) in [7, 11) is 0. The van der Waals surface area contributed by atoms with E-state index in [-0.39, 0.29) is 18.4 Å². The van der Waals surface area contributed by atoms with Crippen molar-refractivity contribution in [3.63, 3.8) is 0 Å². The van der Waals surface area contributed by atoms with Gasteiger partial charge in [0, 0.05) is 26.2 Å². The SMILES string of the molecule is Cc1occc1C(=O)NCC(=O)NCc1ccc(CN2CCOCC2)cc1. The van der Waals surface area contributed by atoms with E-state index in [9.17, 15) is 9.59 Å². The van der Waals surface area contributed by atoms with Gasteiger partial charge < -0.3 is 19.8 Å². The van der Waals surface area contributed by atoms with Crippen molar-refractivity contribution in [1.82, 2.24) is 15.5 Å². The lowest BCUT2D eigenvalue weighted by Crippen LogP contribution is -2.36. The van der Waals surface area contributed by atoms with E-state index in [1.807, 2.05) is 12.1 Å². The number of ether oxygens (including phenoxy) is 1. The maximum atomic E-state index is 11.9. The number of aryl methyl sites for hydroxylation is 1. The van der Waals surface area contributed by atoms with Crippen molar-refractivity contribution in [2.45, 2.75) is 20.0 Å². The lowest BCUT2D eigenvalue weighted by atomic mass is 10.1. The first-order chi connectivity index (χ1) is 13.1. The van der Waals surface area contributed by atoms with Crippen LogP contribution in [-0.4, -0.2) is 49.6 Å². The highest BCUT2D eigenvalue weighted by Crippen LogP contribution is 2.09. The minimum atomic E-state index is -0.316. The van der Waals surface area contributed by atoms with Crippen molar-refractivity contribution >= 4 is 11.8 Å². The van der Waals surface area contributed by atoms with Crippen LogP contribution in [-0.2, 0) is 22.6 Å². The molecule has 0 bridgehead atoms. The smallest absolute Gasteiger partial charge is 0.255 e. The normalized spacial score (nSPS) is 14.7. The summed E-state index contributed by atoms with van der Waals surface area (Å²) in [4.78, 5) is 26.2. The highest BCUT2D eigenvalue weighted by atomic mass is 16.5. The zero-order chi connectivity index (χ0) is 19.1. The van der Waals surface area contributed by atoms with Crippen molar-refractivity contribution in [1.29, 1.82) is 0 Å². The Morgan fingerprint density at radius 1 is 1.04 bits per heavy atom. The molecule has 144 valence electrons. The second kappa shape index (κ2) is 9.34. The Morgan fingerprint density at radius 2 is 1.74 bits per heavy atom. The highest BCUT2D eigenvalue weighted by molar-refractivity contribution is 5.97. The molecule has 1 aliphatic heterocycles. The monoisotopic (exact) mass is 371 g/mol. The Balaban J connectivity index is 1.39. The number of benzene rings is 1. The standard InChI is InChI=1S/C20H25N3O4/c1-15-18(6-9-27-15)20(25)22-13-19(24)21-12-16-2-4-17(5-3-16)14-23-7-10-26-11-8-23/h2-6,9H,7-8,10-14H2,1H3,(H,21,24)(H,22,25). The summed E-state index contributed by atoms with van der Waals surface area (Å²) in [5, 5.41) is 5.40. The van der Waals surface area contributed by atoms with Crippen LogP contribution in [0.25, 0.3) is 0 Å². The average molecular weight is 371 g/mol. The molecule has 2 heterocycles. The molecule has 0 aliphatic carbocycles. The van der Waals surface area contributed by atoms with Gasteiger partial charge in [-0.25, -0.2) is 0 Å². The van der Waals surface area contributed by atoms with Gasteiger partial charge in [-0.15, -0.1) is 0 Å². The number of nitrogens with one attached hydrogen (secondary N) is 2. The van der Waals surface area contributed by atoms with Crippen molar-refractivity contribution in [2.24, 2.45) is 0 Å². The van der Waals surface area contributed by atoms with Crippen LogP contribution in [0.2, 0.25) is 0 Å². The fourth-order valence-corrected chi connectivity index (χ4v) is 2.92. The molecule has 1 fully saturated rings. The van der Waals surface area contributed by atoms with Gasteiger partial charge in [0.2, 0.25) is 5.91 Å². The van der Waals surface area contributed by atoms with Crippen LogP contribution in [0.3, 0.4) is 0 Å². The summed E-state index contributed by atoms with van der Waals surface area (Å²) < 4.78 is 10.4. The number of carbonyl (C=O) groups excluding carboxylic acids is 2. The molecular weight excluding hydrogens is 346 g/mol. The predicted octanol–water partition coefficient (Wildman–Crippen LogP) is 1.47. The third-order valence-electron chi connectivity index (χ3n) is 4.54. The van der Waals surface area contributed by atoms with Gasteiger partial charge in [-0.3, -0.25) is 14.5 Å². The topological polar surface area (TPSA) is 83.8 Å². The average Bonchev–Trinajstić information content (AvgIpc) is 3.12. The van der Waals surface area contributed by atoms with E-state index >= 15 is 0 Å². The van der Waals surface area contributed by atoms with Gasteiger partial charge in [0.25, 0.3) is 5.91 Å². The molecule has 0 radical (unpaired) electrons. The maximum absolute atomic E-state index is 11.9. The Labute approximate surface area is 158 Å². The van der Waals surface area contributed by atoms with Gasteiger partial charge in [0.1, 0.15) is 5.76 Å². The zero-order valence-corrected chi connectivity index (χ0v) is 15.5. The summed E-state index contributed by atoms with van der Waals surface area (Å²) in [5.74, 6) is -0.0177. The maximum Gasteiger partial charge on any atom is 0.255 e. The number of hydrogen-bond acceptors (Lipinski definition) is 5. The summed E-state index contributed by atoms with van der Waals surface area (Å²) >= 11 is 0. The first kappa shape index (κ1) is 19.1. The van der Waals surface area contributed by atoms with Crippen molar-refractivity contribution in [3.05, 3.63) is 59.0 Å². The molecule has 1 aromatic heterocycles. The van der Waals surface area contributed by atoms with Crippen LogP contribution in [0.15, 0.2) is 41.0 Å². The molecule has 7 heteroatoms. The lowest BCUT2D eigenvalue weighted by Gasteiger charge is -2.26. The Morgan fingerprint density at radius 3 is 2.41 bits per heavy atom. The number of rotatable bonds is 7. The molecule has 0 unspecified atom stereocenters. The molecule has 1 saturated heterocycles. The molecule has 2 aromatic rings. The molecule has 1 aromatic carbocycles. The third kappa shape index (κ3) is 5.67. The van der Waals surface area contributed by atoms with Gasteiger partial charge in [-0.2, -0.15) is 0 Å². The summed E-state index contributed by atoms with van der Waals surface area (Å²) in [6.45, 7) is 6.48. The first-order valence-corrected chi connectivity index (χ1v) is 9.09. The van der Waals surface area contributed by atoms with Gasteiger partial charge in [-0.05, 0) is 24.1 Å². The second-order valence-corrected chi connectivity index (χ2v) is 6.55. The van der Waals surface area contributed by atoms with Gasteiger partial charge in [0.15, 0.2) is 0 Å². The minimum absolute atomic E-state index is 0.0709. The highest BCUT2D eigenvalue weighted by Gasteiger charge is 2.13. The number of carbonyl (C=O) groups is 2. The molecule has 0 atom stereocenters. The van der Waals surface area contributed by atoms with Crippen LogP contribution < -0.4 is 10.6 Å². The Bertz CT molecular complexity index is 764. The fourth-order valence-electron chi connectivity index (χ4n) is 2.92. The van der Waals surface area contributed by atoms with Gasteiger partial charge >= 0.3 is 0 Å². The van der Waals surface area contributed by atoms with Crippen molar-refractivity contribution < 1.29 is 18.7 Å². The third-order valence-corrected chi connectivity index (χ3v) is 4.54. The second-order valence-electron chi connectivity index (χ2n) is 6.55. The molecule has 1 aliphatic rings. The van der Waals surface area contributed by atoms with E-state index in [0.717, 1.165) is 38.4 Å². The number of hydrogen-bond donors (Lipinski definition) is 2. The molecule has 0 saturated carbocycles. The molecule has 0 spiro atoms. The number of furan rings is 1. The molecule has 7 nitrogen and oxygen atoms in total. The fraction of sp³-hybridized carbons (Fsp3) is 0.400. The van der Waals surface area contributed by atoms with Crippen LogP contribution in [0.1, 0.15) is 27.2 Å². The zero-order valence-electron chi connectivity index (χ0n) is 15.5. The van der Waals surface area contributed by atoms with Crippen molar-refractivity contribution in [3.8, 4) is 0 Å². The van der Waals surface area contributed by atoms with E-state index in [4.69, 9.17) is 9.15 Å². The van der Waals surface area contributed by atoms with Crippen LogP contribution in [0, 0.1) is 6.92 Å². The quantitative estimate of drug-likeness (QED) is 0.770. The number of morpholine rings is 1. The lowest BCUT2D eigenvalue weighted by molar-refractivity contribution is -0.120. The van der Waals surface area contributed by atoms with E-state index in [1.165, 1.54) is 11.8 Å². The van der Waals surface area contributed by atoms with Crippen LogP contribution >= 0.6 is 0 Å². The Kier molecular flexibility index (Phi) is 6.62. The summed E-state index contributed by atoms with van der Waals surface area (Å²) in [6.07, 6.45) is 1.45. The van der Waals surface area contributed by atoms with E-state index in [2.05, 4.69) is 27.7 Å². The summed E-state index contributed by atoms with van der Waals surface area (Å²) in [6, 6.07) is 9.79. The summed E-state index contributed by atoms with van der Waals surface area (Å²) in [5.41, 5.74) is 2.71. The van der Waals surface area contributed by atoms with Crippen LogP contribution in [0.4, 0.5) is 0 Å². The van der Waals surface area contributed by atoms with Crippen molar-refractivity contribution in [2.75, 3.05) is 32.8 Å². The predicted molar refractivity (Wildman–Crippen MR) is 100 cm³/mol. The van der Waals surface area contributed by atoms with E-state index in [0.29, 0.717) is 17.9 Å². The molecule has 27 heavy (non-hydrogen) atoms. The Hall–Kier alpha value is -2.64. The largest absolute Gasteiger partial charge is 0.469 e. The van der Waals surface area contributed by atoms with E-state index in [1.54, 1.807) is 13.0 Å². The molecule has 3 rings (SSSR count). The van der Waals surface area contributed by atoms with Crippen LogP contribution in [0.5, 0.6) is 0 Å². The van der Waals surface area contributed by atoms with E-state index < -0.39 is 0 Å². The molecular formula is C20H25N3O4.